The van der Waals surface area contributed by atoms with Gasteiger partial charge in [0, 0.05) is 6.04 Å². The Morgan fingerprint density at radius 3 is 1.06 bits per heavy atom. The minimum absolute atomic E-state index is 0.651. The molecule has 0 spiro atoms. The van der Waals surface area contributed by atoms with Gasteiger partial charge < -0.3 is 0 Å². The zero-order valence-corrected chi connectivity index (χ0v) is 16.7. The second-order valence-corrected chi connectivity index (χ2v) is 11.0. The summed E-state index contributed by atoms with van der Waals surface area (Å²) in [6.45, 7) is -0.651. The highest BCUT2D eigenvalue weighted by Gasteiger charge is 2.95. The van der Waals surface area contributed by atoms with Gasteiger partial charge in [-0.05, 0) is 6.92 Å². The number of rotatable bonds is 10. The average molecular weight is 561 g/mol. The molecule has 0 rings (SSSR count). The molecule has 20 heteroatoms. The van der Waals surface area contributed by atoms with Crippen molar-refractivity contribution in [1.29, 1.82) is 0 Å². The van der Waals surface area contributed by atoms with Gasteiger partial charge in [-0.15, -0.1) is 0 Å². The van der Waals surface area contributed by atoms with Gasteiger partial charge in [-0.3, -0.25) is 0 Å². The van der Waals surface area contributed by atoms with Crippen molar-refractivity contribution in [2.75, 3.05) is 0 Å². The second-order valence-electron chi connectivity index (χ2n) is 5.98. The van der Waals surface area contributed by atoms with E-state index in [0.717, 1.165) is 0 Å². The van der Waals surface area contributed by atoms with Crippen molar-refractivity contribution in [1.82, 2.24) is 0 Å². The van der Waals surface area contributed by atoms with Crippen LogP contribution in [0.3, 0.4) is 0 Å². The van der Waals surface area contributed by atoms with E-state index in [-0.39, 0.29) is 0 Å². The summed E-state index contributed by atoms with van der Waals surface area (Å²) in [5.41, 5.74) is 0. The van der Waals surface area contributed by atoms with Crippen LogP contribution in [-0.4, -0.2) is 61.0 Å². The van der Waals surface area contributed by atoms with Gasteiger partial charge in [0.25, 0.3) is 0 Å². The first kappa shape index (κ1) is 30.6. The predicted octanol–water partition coefficient (Wildman–Crippen LogP) is 7.12. The molecule has 31 heavy (non-hydrogen) atoms. The monoisotopic (exact) mass is 560 g/mol. The summed E-state index contributed by atoms with van der Waals surface area (Å²) < 4.78 is 225. The fraction of sp³-hybridized carbons (Fsp3) is 1.00. The molecule has 188 valence electrons. The Hall–Kier alpha value is -0.393. The Bertz CT molecular complexity index is 644. The molecule has 0 saturated carbocycles. The number of alkyl halides is 17. The van der Waals surface area contributed by atoms with Crippen LogP contribution in [-0.2, 0) is 0 Å². The highest BCUT2D eigenvalue weighted by atomic mass is 35.7. The summed E-state index contributed by atoms with van der Waals surface area (Å²) in [6.07, 6.45) is -4.49. The third-order valence-electron chi connectivity index (χ3n) is 3.76. The van der Waals surface area contributed by atoms with Gasteiger partial charge in [-0.2, -0.15) is 92.4 Å². The maximum atomic E-state index is 13.4. The Morgan fingerprint density at radius 1 is 0.548 bits per heavy atom. The summed E-state index contributed by atoms with van der Waals surface area (Å²) in [7, 11) is -4.12. The molecule has 0 aliphatic rings. The molecule has 0 saturated heterocycles. The first-order valence-electron chi connectivity index (χ1n) is 7.06. The molecule has 0 amide bonds. The van der Waals surface area contributed by atoms with Gasteiger partial charge in [-0.25, -0.2) is 4.39 Å². The molecule has 0 aromatic carbocycles. The van der Waals surface area contributed by atoms with E-state index in [0.29, 0.717) is 0 Å². The lowest BCUT2D eigenvalue weighted by Gasteiger charge is -2.43. The van der Waals surface area contributed by atoms with E-state index in [4.69, 9.17) is 22.2 Å². The predicted molar refractivity (Wildman–Crippen MR) is 73.8 cm³/mol. The van der Waals surface area contributed by atoms with E-state index in [9.17, 15) is 74.6 Å². The van der Waals surface area contributed by atoms with E-state index in [1.54, 1.807) is 0 Å². The lowest BCUT2D eigenvalue weighted by Crippen LogP contribution is -2.75. The van der Waals surface area contributed by atoms with Crippen LogP contribution >= 0.6 is 22.2 Å². The van der Waals surface area contributed by atoms with E-state index in [2.05, 4.69) is 0 Å². The van der Waals surface area contributed by atoms with Gasteiger partial charge >= 0.3 is 47.4 Å². The maximum Gasteiger partial charge on any atom is 0.385 e. The van der Waals surface area contributed by atoms with Crippen molar-refractivity contribution in [3.8, 4) is 0 Å². The zero-order chi connectivity index (χ0) is 25.9. The van der Waals surface area contributed by atoms with Crippen LogP contribution in [0.1, 0.15) is 6.92 Å². The summed E-state index contributed by atoms with van der Waals surface area (Å²) in [6, 6.07) is -2.72. The van der Waals surface area contributed by atoms with E-state index < -0.39 is 73.9 Å². The summed E-state index contributed by atoms with van der Waals surface area (Å²) in [5.74, 6) is -62.8. The van der Waals surface area contributed by atoms with Crippen LogP contribution in [0.4, 0.5) is 74.6 Å². The SMILES string of the molecule is CC(F)C(F)(F)C(F)(F)C(F)(F)C(F)(F)C(F)(F)C(F)(F)C(F)(F)C(F)(F)C[SiH](Cl)Cl. The van der Waals surface area contributed by atoms with Crippen molar-refractivity contribution in [2.24, 2.45) is 0 Å². The van der Waals surface area contributed by atoms with Crippen LogP contribution < -0.4 is 0 Å². The topological polar surface area (TPSA) is 0 Å². The number of hydrogen-bond donors (Lipinski definition) is 0. The fourth-order valence-corrected chi connectivity index (χ4v) is 3.61. The lowest BCUT2D eigenvalue weighted by atomic mass is 9.87. The van der Waals surface area contributed by atoms with Gasteiger partial charge in [-0.1, -0.05) is 0 Å². The summed E-state index contributed by atoms with van der Waals surface area (Å²) in [5, 5.41) is 0. The van der Waals surface area contributed by atoms with Crippen LogP contribution in [0, 0.1) is 0 Å². The van der Waals surface area contributed by atoms with Crippen molar-refractivity contribution in [3.63, 3.8) is 0 Å². The summed E-state index contributed by atoms with van der Waals surface area (Å²) >= 11 is 9.41. The van der Waals surface area contributed by atoms with Crippen LogP contribution in [0.15, 0.2) is 0 Å². The van der Waals surface area contributed by atoms with Crippen molar-refractivity contribution >= 4 is 29.6 Å². The lowest BCUT2D eigenvalue weighted by molar-refractivity contribution is -0.454. The van der Waals surface area contributed by atoms with Crippen LogP contribution in [0.5, 0.6) is 0 Å². The first-order valence-corrected chi connectivity index (χ1v) is 11.4. The minimum Gasteiger partial charge on any atom is -0.241 e. The van der Waals surface area contributed by atoms with Gasteiger partial charge in [0.1, 0.15) is 0 Å². The van der Waals surface area contributed by atoms with Gasteiger partial charge in [0.15, 0.2) is 6.17 Å². The fourth-order valence-electron chi connectivity index (χ4n) is 1.80. The van der Waals surface area contributed by atoms with E-state index in [1.165, 1.54) is 0 Å². The van der Waals surface area contributed by atoms with Crippen molar-refractivity contribution in [2.45, 2.75) is 66.5 Å². The molecule has 1 unspecified atom stereocenters. The smallest absolute Gasteiger partial charge is 0.241 e. The highest BCUT2D eigenvalue weighted by molar-refractivity contribution is 7.33. The molecule has 0 radical (unpaired) electrons. The Kier molecular flexibility index (Phi) is 8.02. The second kappa shape index (κ2) is 8.13. The van der Waals surface area contributed by atoms with Crippen molar-refractivity contribution < 1.29 is 74.6 Å². The molecule has 0 heterocycles. The molecule has 0 aliphatic carbocycles. The Morgan fingerprint density at radius 2 is 0.806 bits per heavy atom. The average Bonchev–Trinajstić information content (AvgIpc) is 2.51. The van der Waals surface area contributed by atoms with E-state index >= 15 is 0 Å². The maximum absolute atomic E-state index is 13.4. The molecular weight excluding hydrogens is 554 g/mol. The van der Waals surface area contributed by atoms with E-state index in [1.807, 2.05) is 0 Å². The number of halogens is 19. The zero-order valence-electron chi connectivity index (χ0n) is 14.0. The molecule has 0 fully saturated rings. The number of hydrogen-bond acceptors (Lipinski definition) is 0. The third kappa shape index (κ3) is 4.16. The normalized spacial score (nSPS) is 17.3. The molecule has 0 aromatic rings. The van der Waals surface area contributed by atoms with Crippen molar-refractivity contribution in [3.05, 3.63) is 0 Å². The quantitative estimate of drug-likeness (QED) is 0.151. The molecule has 0 aromatic heterocycles. The Balaban J connectivity index is 6.76. The molecule has 0 bridgehead atoms. The van der Waals surface area contributed by atoms with Crippen LogP contribution in [0.25, 0.3) is 0 Å². The molecule has 1 atom stereocenters. The molecule has 0 nitrogen and oxygen atoms in total. The largest absolute Gasteiger partial charge is 0.385 e. The third-order valence-corrected chi connectivity index (χ3v) is 5.51. The Labute approximate surface area is 171 Å². The first-order chi connectivity index (χ1) is 13.1. The molecule has 0 aliphatic heterocycles. The molecular formula is C11H7Cl2F17Si. The highest BCUT2D eigenvalue weighted by Crippen LogP contribution is 2.64. The van der Waals surface area contributed by atoms with Crippen LogP contribution in [0.2, 0.25) is 6.04 Å². The van der Waals surface area contributed by atoms with Gasteiger partial charge in [0.05, 0.1) is 0 Å². The summed E-state index contributed by atoms with van der Waals surface area (Å²) in [4.78, 5) is 0. The molecule has 0 N–H and O–H groups in total. The van der Waals surface area contributed by atoms with Gasteiger partial charge in [0.2, 0.25) is 7.42 Å². The minimum atomic E-state index is -8.57. The standard InChI is InChI=1S/C11H7Cl2F17Si/c1-3(14)5(17,18)7(21,22)9(25,26)11(29,30)10(27,28)8(23,24)6(19,20)4(15,16)2-31(12)13/h3,31H,2H2,1H3.